The van der Waals surface area contributed by atoms with Crippen LogP contribution in [0, 0.1) is 24.5 Å². The Morgan fingerprint density at radius 3 is 2.54 bits per heavy atom. The van der Waals surface area contributed by atoms with Gasteiger partial charge < -0.3 is 14.9 Å². The predicted octanol–water partition coefficient (Wildman–Crippen LogP) is 2.12. The lowest BCUT2D eigenvalue weighted by atomic mass is 9.86. The zero-order valence-corrected chi connectivity index (χ0v) is 16.8. The van der Waals surface area contributed by atoms with Crippen molar-refractivity contribution in [3.8, 4) is 0 Å². The highest BCUT2D eigenvalue weighted by Gasteiger charge is 2.36. The maximum absolute atomic E-state index is 14.3. The summed E-state index contributed by atoms with van der Waals surface area (Å²) in [7, 11) is 2.12. The minimum Gasteiger partial charge on any atom is -0.396 e. The molecule has 1 aromatic carbocycles. The van der Waals surface area contributed by atoms with Crippen LogP contribution in [0.1, 0.15) is 35.2 Å². The number of hydrogen-bond donors (Lipinski definition) is 1. The number of aryl methyl sites for hydroxylation is 1. The molecule has 2 saturated heterocycles. The molecule has 0 radical (unpaired) electrons. The van der Waals surface area contributed by atoms with Gasteiger partial charge in [0, 0.05) is 51.9 Å². The van der Waals surface area contributed by atoms with Crippen molar-refractivity contribution < 1.29 is 18.7 Å². The molecule has 0 bridgehead atoms. The van der Waals surface area contributed by atoms with E-state index in [0.717, 1.165) is 39.0 Å². The first-order valence-corrected chi connectivity index (χ1v) is 10.2. The summed E-state index contributed by atoms with van der Waals surface area (Å²) < 4.78 is 28.2. The summed E-state index contributed by atoms with van der Waals surface area (Å²) in [5, 5.41) is 9.28. The van der Waals surface area contributed by atoms with E-state index in [1.165, 1.54) is 19.1 Å². The number of rotatable bonds is 5. The lowest BCUT2D eigenvalue weighted by Gasteiger charge is -2.46. The summed E-state index contributed by atoms with van der Waals surface area (Å²) in [6, 6.07) is 3.20. The van der Waals surface area contributed by atoms with E-state index in [1.54, 1.807) is 4.90 Å². The van der Waals surface area contributed by atoms with Crippen LogP contribution in [0.15, 0.2) is 12.1 Å². The van der Waals surface area contributed by atoms with Gasteiger partial charge in [-0.15, -0.1) is 0 Å². The highest BCUT2D eigenvalue weighted by molar-refractivity contribution is 5.94. The first-order chi connectivity index (χ1) is 13.4. The van der Waals surface area contributed by atoms with Crippen molar-refractivity contribution in [1.82, 2.24) is 14.7 Å². The topological polar surface area (TPSA) is 47.0 Å². The predicted molar refractivity (Wildman–Crippen MR) is 104 cm³/mol. The summed E-state index contributed by atoms with van der Waals surface area (Å²) in [6.07, 6.45) is 2.33. The van der Waals surface area contributed by atoms with Crippen molar-refractivity contribution in [2.45, 2.75) is 32.2 Å². The van der Waals surface area contributed by atoms with Gasteiger partial charge in [0.25, 0.3) is 5.91 Å². The summed E-state index contributed by atoms with van der Waals surface area (Å²) in [5.41, 5.74) is 0.00528. The van der Waals surface area contributed by atoms with Gasteiger partial charge in [-0.25, -0.2) is 8.78 Å². The molecule has 1 amide bonds. The van der Waals surface area contributed by atoms with Crippen LogP contribution in [0.4, 0.5) is 8.78 Å². The summed E-state index contributed by atoms with van der Waals surface area (Å²) in [5.74, 6) is -2.22. The number of hydrogen-bond acceptors (Lipinski definition) is 4. The van der Waals surface area contributed by atoms with Crippen LogP contribution in [-0.2, 0) is 0 Å². The molecule has 2 fully saturated rings. The smallest absolute Gasteiger partial charge is 0.256 e. The molecule has 156 valence electrons. The Labute approximate surface area is 165 Å². The minimum atomic E-state index is -1.06. The number of halogens is 2. The summed E-state index contributed by atoms with van der Waals surface area (Å²) in [6.45, 7) is 6.73. The van der Waals surface area contributed by atoms with E-state index in [0.29, 0.717) is 25.6 Å². The number of aliphatic hydroxyl groups is 1. The third-order valence-corrected chi connectivity index (χ3v) is 6.23. The summed E-state index contributed by atoms with van der Waals surface area (Å²) >= 11 is 0. The number of likely N-dealkylation sites (tertiary alicyclic amines) is 1. The Morgan fingerprint density at radius 2 is 1.86 bits per heavy atom. The number of carbonyl (C=O) groups is 1. The van der Waals surface area contributed by atoms with Crippen LogP contribution in [0.5, 0.6) is 0 Å². The standard InChI is InChI=1S/C21H31F2N3O2/c1-15-5-6-17(20(23)19(15)22)21(28)26-8-7-18(16(14-26)4-3-13-27)25-11-9-24(2)10-12-25/h5-6,16,18,27H,3-4,7-14H2,1-2H3/t16-,18+/m0/s1. The largest absolute Gasteiger partial charge is 0.396 e. The van der Waals surface area contributed by atoms with Gasteiger partial charge in [0.15, 0.2) is 11.6 Å². The Hall–Kier alpha value is -1.57. The maximum Gasteiger partial charge on any atom is 0.256 e. The lowest BCUT2D eigenvalue weighted by molar-refractivity contribution is 0.0215. The molecule has 7 heteroatoms. The van der Waals surface area contributed by atoms with Crippen molar-refractivity contribution in [2.24, 2.45) is 5.92 Å². The second-order valence-electron chi connectivity index (χ2n) is 8.13. The van der Waals surface area contributed by atoms with E-state index < -0.39 is 17.5 Å². The Kier molecular flexibility index (Phi) is 7.01. The van der Waals surface area contributed by atoms with Crippen molar-refractivity contribution in [3.05, 3.63) is 34.9 Å². The van der Waals surface area contributed by atoms with Crippen LogP contribution in [0.25, 0.3) is 0 Å². The molecular formula is C21H31F2N3O2. The van der Waals surface area contributed by atoms with E-state index in [1.807, 2.05) is 0 Å². The number of benzene rings is 1. The van der Waals surface area contributed by atoms with Crippen molar-refractivity contribution >= 4 is 5.91 Å². The van der Waals surface area contributed by atoms with Crippen molar-refractivity contribution in [1.29, 1.82) is 0 Å². The fourth-order valence-corrected chi connectivity index (χ4v) is 4.46. The molecule has 28 heavy (non-hydrogen) atoms. The monoisotopic (exact) mass is 395 g/mol. The molecule has 3 rings (SSSR count). The van der Waals surface area contributed by atoms with Crippen LogP contribution < -0.4 is 0 Å². The number of aliphatic hydroxyl groups excluding tert-OH is 1. The fraction of sp³-hybridized carbons (Fsp3) is 0.667. The molecule has 0 spiro atoms. The third-order valence-electron chi connectivity index (χ3n) is 6.23. The number of carbonyl (C=O) groups excluding carboxylic acids is 1. The van der Waals surface area contributed by atoms with E-state index in [-0.39, 0.29) is 23.7 Å². The first kappa shape index (κ1) is 21.1. The molecule has 0 unspecified atom stereocenters. The van der Waals surface area contributed by atoms with E-state index >= 15 is 0 Å². The normalized spacial score (nSPS) is 24.5. The van der Waals surface area contributed by atoms with Crippen LogP contribution in [0.2, 0.25) is 0 Å². The quantitative estimate of drug-likeness (QED) is 0.830. The van der Waals surface area contributed by atoms with Gasteiger partial charge in [-0.3, -0.25) is 9.69 Å². The fourth-order valence-electron chi connectivity index (χ4n) is 4.46. The van der Waals surface area contributed by atoms with E-state index in [2.05, 4.69) is 16.8 Å². The molecule has 2 aliphatic rings. The van der Waals surface area contributed by atoms with Gasteiger partial charge in [0.05, 0.1) is 5.56 Å². The number of amides is 1. The second kappa shape index (κ2) is 9.29. The van der Waals surface area contributed by atoms with Crippen LogP contribution in [-0.4, -0.2) is 84.7 Å². The molecule has 2 aliphatic heterocycles. The van der Waals surface area contributed by atoms with Gasteiger partial charge in [-0.1, -0.05) is 6.07 Å². The van der Waals surface area contributed by atoms with E-state index in [9.17, 15) is 18.7 Å². The molecule has 1 N–H and O–H groups in total. The number of piperazine rings is 1. The van der Waals surface area contributed by atoms with Gasteiger partial charge in [-0.2, -0.15) is 0 Å². The second-order valence-corrected chi connectivity index (χ2v) is 8.13. The average molecular weight is 395 g/mol. The molecule has 2 heterocycles. The Balaban J connectivity index is 1.73. The zero-order valence-electron chi connectivity index (χ0n) is 16.8. The molecule has 1 aromatic rings. The van der Waals surface area contributed by atoms with E-state index in [4.69, 9.17) is 0 Å². The summed E-state index contributed by atoms with van der Waals surface area (Å²) in [4.78, 5) is 19.3. The highest BCUT2D eigenvalue weighted by atomic mass is 19.2. The zero-order chi connectivity index (χ0) is 20.3. The highest BCUT2D eigenvalue weighted by Crippen LogP contribution is 2.28. The molecular weight excluding hydrogens is 364 g/mol. The van der Waals surface area contributed by atoms with Gasteiger partial charge >= 0.3 is 0 Å². The molecule has 0 aliphatic carbocycles. The first-order valence-electron chi connectivity index (χ1n) is 10.2. The van der Waals surface area contributed by atoms with Crippen molar-refractivity contribution in [2.75, 3.05) is 52.9 Å². The minimum absolute atomic E-state index is 0.123. The maximum atomic E-state index is 14.3. The van der Waals surface area contributed by atoms with Crippen molar-refractivity contribution in [3.63, 3.8) is 0 Å². The van der Waals surface area contributed by atoms with Gasteiger partial charge in [0.2, 0.25) is 0 Å². The number of likely N-dealkylation sites (N-methyl/N-ethyl adjacent to an activating group) is 1. The Morgan fingerprint density at radius 1 is 1.14 bits per heavy atom. The molecule has 0 saturated carbocycles. The average Bonchev–Trinajstić information content (AvgIpc) is 2.70. The molecule has 0 aromatic heterocycles. The lowest BCUT2D eigenvalue weighted by Crippen LogP contribution is -2.57. The molecule has 2 atom stereocenters. The SMILES string of the molecule is Cc1ccc(C(=O)N2CC[C@@H](N3CCN(C)CC3)[C@@H](CCCO)C2)c(F)c1F. The number of piperidine rings is 1. The number of nitrogens with zero attached hydrogens (tertiary/aromatic N) is 3. The van der Waals surface area contributed by atoms with Gasteiger partial charge in [-0.05, 0) is 50.8 Å². The third kappa shape index (κ3) is 4.53. The molecule has 5 nitrogen and oxygen atoms in total. The van der Waals surface area contributed by atoms with Crippen LogP contribution in [0.3, 0.4) is 0 Å². The van der Waals surface area contributed by atoms with Crippen LogP contribution >= 0.6 is 0 Å². The van der Waals surface area contributed by atoms with Gasteiger partial charge in [0.1, 0.15) is 0 Å². The Bertz CT molecular complexity index is 692.